The second kappa shape index (κ2) is 11.2. The SMILES string of the molecule is CN1C2CCCCC2C2C1C1CCCCC1C2C(C)(C)C1CCC(CCCCCCOC(C)(C)C)C1. The van der Waals surface area contributed by atoms with Crippen LogP contribution in [0.3, 0.4) is 0 Å². The summed E-state index contributed by atoms with van der Waals surface area (Å²) in [6.45, 7) is 13.0. The Hall–Kier alpha value is -0.0800. The molecule has 0 aromatic heterocycles. The maximum atomic E-state index is 5.91. The van der Waals surface area contributed by atoms with E-state index in [-0.39, 0.29) is 5.60 Å². The summed E-state index contributed by atoms with van der Waals surface area (Å²) in [5, 5.41) is 0. The molecule has 1 saturated heterocycles. The molecule has 4 aliphatic carbocycles. The highest BCUT2D eigenvalue weighted by Crippen LogP contribution is 2.66. The molecule has 208 valence electrons. The Morgan fingerprint density at radius 2 is 1.39 bits per heavy atom. The lowest BCUT2D eigenvalue weighted by atomic mass is 9.58. The Morgan fingerprint density at radius 3 is 2.14 bits per heavy atom. The molecule has 36 heavy (non-hydrogen) atoms. The molecular formula is C34H61NO. The maximum absolute atomic E-state index is 5.91. The van der Waals surface area contributed by atoms with Gasteiger partial charge in [0.15, 0.2) is 0 Å². The van der Waals surface area contributed by atoms with Crippen molar-refractivity contribution in [1.29, 1.82) is 0 Å². The summed E-state index contributed by atoms with van der Waals surface area (Å²) in [4.78, 5) is 2.97. The van der Waals surface area contributed by atoms with Crippen molar-refractivity contribution in [3.8, 4) is 0 Å². The van der Waals surface area contributed by atoms with Crippen molar-refractivity contribution in [2.24, 2.45) is 46.8 Å². The van der Waals surface area contributed by atoms with Crippen LogP contribution in [0.5, 0.6) is 0 Å². The molecule has 0 spiro atoms. The standard InChI is InChI=1S/C34H61NO/c1-33(2,3)36-22-14-8-7-9-15-24-20-21-25(23-24)34(4,5)31-26-16-10-11-17-27(26)32-30(31)28-18-12-13-19-29(28)35(32)6/h24-32H,7-23H2,1-6H3. The molecule has 1 heterocycles. The fraction of sp³-hybridized carbons (Fsp3) is 1.00. The topological polar surface area (TPSA) is 12.5 Å². The smallest absolute Gasteiger partial charge is 0.0598 e. The summed E-state index contributed by atoms with van der Waals surface area (Å²) in [5.41, 5.74) is 0.556. The first-order valence-electron chi connectivity index (χ1n) is 16.5. The number of unbranched alkanes of at least 4 members (excludes halogenated alkanes) is 3. The third kappa shape index (κ3) is 5.48. The van der Waals surface area contributed by atoms with Gasteiger partial charge in [0.25, 0.3) is 0 Å². The molecule has 5 aliphatic rings. The lowest BCUT2D eigenvalue weighted by Crippen LogP contribution is -2.43. The Morgan fingerprint density at radius 1 is 0.722 bits per heavy atom. The van der Waals surface area contributed by atoms with Crippen molar-refractivity contribution >= 4 is 0 Å². The molecule has 5 fully saturated rings. The number of hydrogen-bond acceptors (Lipinski definition) is 2. The molecule has 0 aromatic carbocycles. The van der Waals surface area contributed by atoms with Gasteiger partial charge in [-0.05, 0) is 120 Å². The molecule has 0 radical (unpaired) electrons. The van der Waals surface area contributed by atoms with Crippen LogP contribution < -0.4 is 0 Å². The molecule has 0 aromatic rings. The zero-order chi connectivity index (χ0) is 25.5. The third-order valence-corrected chi connectivity index (χ3v) is 12.3. The van der Waals surface area contributed by atoms with Crippen LogP contribution in [0.4, 0.5) is 0 Å². The monoisotopic (exact) mass is 499 g/mol. The molecule has 0 N–H and O–H groups in total. The van der Waals surface area contributed by atoms with Gasteiger partial charge in [-0.1, -0.05) is 71.6 Å². The van der Waals surface area contributed by atoms with Crippen molar-refractivity contribution in [2.45, 2.75) is 155 Å². The first-order chi connectivity index (χ1) is 17.2. The largest absolute Gasteiger partial charge is 0.376 e. The summed E-state index contributed by atoms with van der Waals surface area (Å²) < 4.78 is 5.91. The van der Waals surface area contributed by atoms with E-state index in [4.69, 9.17) is 4.74 Å². The average molecular weight is 500 g/mol. The minimum Gasteiger partial charge on any atom is -0.376 e. The van der Waals surface area contributed by atoms with E-state index < -0.39 is 0 Å². The number of ether oxygens (including phenoxy) is 1. The van der Waals surface area contributed by atoms with E-state index in [1.54, 1.807) is 6.42 Å². The van der Waals surface area contributed by atoms with Crippen LogP contribution in [-0.2, 0) is 4.74 Å². The number of nitrogens with zero attached hydrogens (tertiary/aromatic N) is 1. The molecular weight excluding hydrogens is 438 g/mol. The molecule has 0 amide bonds. The highest BCUT2D eigenvalue weighted by molar-refractivity contribution is 5.15. The van der Waals surface area contributed by atoms with E-state index in [9.17, 15) is 0 Å². The van der Waals surface area contributed by atoms with E-state index in [1.165, 1.54) is 96.3 Å². The molecule has 4 saturated carbocycles. The molecule has 1 aliphatic heterocycles. The van der Waals surface area contributed by atoms with E-state index in [1.807, 2.05) is 0 Å². The van der Waals surface area contributed by atoms with Crippen LogP contribution in [0.25, 0.3) is 0 Å². The highest BCUT2D eigenvalue weighted by atomic mass is 16.5. The minimum absolute atomic E-state index is 0.0223. The van der Waals surface area contributed by atoms with Crippen LogP contribution in [0.2, 0.25) is 0 Å². The van der Waals surface area contributed by atoms with Gasteiger partial charge in [-0.3, -0.25) is 4.90 Å². The van der Waals surface area contributed by atoms with Gasteiger partial charge >= 0.3 is 0 Å². The summed E-state index contributed by atoms with van der Waals surface area (Å²) in [6, 6.07) is 1.84. The van der Waals surface area contributed by atoms with Gasteiger partial charge in [0, 0.05) is 18.7 Å². The summed E-state index contributed by atoms with van der Waals surface area (Å²) >= 11 is 0. The van der Waals surface area contributed by atoms with Gasteiger partial charge in [-0.25, -0.2) is 0 Å². The van der Waals surface area contributed by atoms with E-state index in [0.29, 0.717) is 5.41 Å². The maximum Gasteiger partial charge on any atom is 0.0598 e. The van der Waals surface area contributed by atoms with Crippen LogP contribution in [-0.4, -0.2) is 36.2 Å². The lowest BCUT2D eigenvalue weighted by Gasteiger charge is -2.47. The molecule has 2 nitrogen and oxygen atoms in total. The number of rotatable bonds is 9. The Labute approximate surface area is 225 Å². The summed E-state index contributed by atoms with van der Waals surface area (Å²) in [6.07, 6.45) is 23.6. The quantitative estimate of drug-likeness (QED) is 0.293. The average Bonchev–Trinajstić information content (AvgIpc) is 3.52. The molecule has 2 heteroatoms. The van der Waals surface area contributed by atoms with E-state index >= 15 is 0 Å². The zero-order valence-corrected chi connectivity index (χ0v) is 25.1. The van der Waals surface area contributed by atoms with Crippen molar-refractivity contribution in [2.75, 3.05) is 13.7 Å². The Balaban J connectivity index is 1.18. The van der Waals surface area contributed by atoms with Crippen LogP contribution >= 0.6 is 0 Å². The fourth-order valence-corrected chi connectivity index (χ4v) is 10.9. The summed E-state index contributed by atoms with van der Waals surface area (Å²) in [7, 11) is 2.55. The van der Waals surface area contributed by atoms with Gasteiger partial charge in [-0.15, -0.1) is 0 Å². The number of hydrogen-bond donors (Lipinski definition) is 0. The van der Waals surface area contributed by atoms with Crippen molar-refractivity contribution < 1.29 is 4.74 Å². The van der Waals surface area contributed by atoms with E-state index in [0.717, 1.165) is 60.1 Å². The fourth-order valence-electron chi connectivity index (χ4n) is 10.9. The molecule has 9 unspecified atom stereocenters. The third-order valence-electron chi connectivity index (χ3n) is 12.3. The van der Waals surface area contributed by atoms with Crippen molar-refractivity contribution in [3.63, 3.8) is 0 Å². The first kappa shape index (κ1) is 27.5. The van der Waals surface area contributed by atoms with Gasteiger partial charge < -0.3 is 4.74 Å². The van der Waals surface area contributed by atoms with Gasteiger partial charge in [0.05, 0.1) is 5.60 Å². The van der Waals surface area contributed by atoms with Crippen LogP contribution in [0, 0.1) is 46.8 Å². The van der Waals surface area contributed by atoms with Gasteiger partial charge in [0.1, 0.15) is 0 Å². The van der Waals surface area contributed by atoms with Crippen molar-refractivity contribution in [3.05, 3.63) is 0 Å². The van der Waals surface area contributed by atoms with Gasteiger partial charge in [-0.2, -0.15) is 0 Å². The Kier molecular flexibility index (Phi) is 8.54. The lowest BCUT2D eigenvalue weighted by molar-refractivity contribution is -0.00478. The first-order valence-corrected chi connectivity index (χ1v) is 16.5. The van der Waals surface area contributed by atoms with Crippen LogP contribution in [0.1, 0.15) is 137 Å². The van der Waals surface area contributed by atoms with E-state index in [2.05, 4.69) is 46.6 Å². The second-order valence-electron chi connectivity index (χ2n) is 15.7. The van der Waals surface area contributed by atoms with Gasteiger partial charge in [0.2, 0.25) is 0 Å². The predicted octanol–water partition coefficient (Wildman–Crippen LogP) is 9.12. The molecule has 5 rings (SSSR count). The Bertz CT molecular complexity index is 706. The predicted molar refractivity (Wildman–Crippen MR) is 153 cm³/mol. The normalized spacial score (nSPS) is 41.3. The van der Waals surface area contributed by atoms with Crippen LogP contribution in [0.15, 0.2) is 0 Å². The molecule has 0 bridgehead atoms. The highest BCUT2D eigenvalue weighted by Gasteiger charge is 2.64. The van der Waals surface area contributed by atoms with Crippen molar-refractivity contribution in [1.82, 2.24) is 4.90 Å². The minimum atomic E-state index is 0.0223. The molecule has 9 atom stereocenters. The second-order valence-corrected chi connectivity index (χ2v) is 15.7. The summed E-state index contributed by atoms with van der Waals surface area (Å²) in [5.74, 6) is 7.05. The number of likely N-dealkylation sites (tertiary alicyclic amines) is 1. The zero-order valence-electron chi connectivity index (χ0n) is 25.1. The number of fused-ring (bicyclic) bond motifs is 5.